The standard InChI is InChI=1S/C15H15BrN2O/c1-2-10-6-3-4-9-13(10)18-15(19)11-7-5-8-12(16)14(11)17/h3-9H,2,17H2,1H3,(H,18,19). The molecule has 0 atom stereocenters. The van der Waals surface area contributed by atoms with Gasteiger partial charge >= 0.3 is 0 Å². The topological polar surface area (TPSA) is 55.1 Å². The van der Waals surface area contributed by atoms with Crippen molar-refractivity contribution >= 4 is 33.2 Å². The van der Waals surface area contributed by atoms with Crippen molar-refractivity contribution in [3.8, 4) is 0 Å². The van der Waals surface area contributed by atoms with Crippen molar-refractivity contribution in [2.75, 3.05) is 11.1 Å². The van der Waals surface area contributed by atoms with Gasteiger partial charge < -0.3 is 11.1 Å². The highest BCUT2D eigenvalue weighted by Gasteiger charge is 2.12. The van der Waals surface area contributed by atoms with Gasteiger partial charge in [-0.1, -0.05) is 31.2 Å². The molecular weight excluding hydrogens is 304 g/mol. The van der Waals surface area contributed by atoms with E-state index < -0.39 is 0 Å². The number of aryl methyl sites for hydroxylation is 1. The van der Waals surface area contributed by atoms with Gasteiger partial charge in [-0.25, -0.2) is 0 Å². The zero-order valence-electron chi connectivity index (χ0n) is 10.6. The number of benzene rings is 2. The number of hydrogen-bond acceptors (Lipinski definition) is 2. The maximum absolute atomic E-state index is 12.2. The number of nitrogen functional groups attached to an aromatic ring is 1. The van der Waals surface area contributed by atoms with Crippen LogP contribution < -0.4 is 11.1 Å². The number of hydrogen-bond donors (Lipinski definition) is 2. The van der Waals surface area contributed by atoms with Crippen LogP contribution in [0.5, 0.6) is 0 Å². The van der Waals surface area contributed by atoms with E-state index in [1.807, 2.05) is 30.3 Å². The Labute approximate surface area is 121 Å². The van der Waals surface area contributed by atoms with E-state index >= 15 is 0 Å². The minimum atomic E-state index is -0.195. The van der Waals surface area contributed by atoms with Gasteiger partial charge in [-0.3, -0.25) is 4.79 Å². The lowest BCUT2D eigenvalue weighted by Gasteiger charge is -2.11. The molecule has 0 bridgehead atoms. The van der Waals surface area contributed by atoms with E-state index in [0.717, 1.165) is 22.1 Å². The number of carbonyl (C=O) groups is 1. The Bertz CT molecular complexity index is 611. The zero-order chi connectivity index (χ0) is 13.8. The number of rotatable bonds is 3. The summed E-state index contributed by atoms with van der Waals surface area (Å²) < 4.78 is 0.726. The normalized spacial score (nSPS) is 10.2. The van der Waals surface area contributed by atoms with Gasteiger partial charge in [-0.2, -0.15) is 0 Å². The van der Waals surface area contributed by atoms with Crippen molar-refractivity contribution in [1.82, 2.24) is 0 Å². The molecule has 19 heavy (non-hydrogen) atoms. The molecule has 3 nitrogen and oxygen atoms in total. The lowest BCUT2D eigenvalue weighted by molar-refractivity contribution is 0.102. The van der Waals surface area contributed by atoms with Crippen LogP contribution in [0.1, 0.15) is 22.8 Å². The molecular formula is C15H15BrN2O. The Kier molecular flexibility index (Phi) is 4.22. The molecule has 0 aliphatic rings. The van der Waals surface area contributed by atoms with Crippen molar-refractivity contribution in [2.24, 2.45) is 0 Å². The smallest absolute Gasteiger partial charge is 0.257 e. The van der Waals surface area contributed by atoms with Gasteiger partial charge in [0.25, 0.3) is 5.91 Å². The van der Waals surface area contributed by atoms with E-state index in [4.69, 9.17) is 5.73 Å². The van der Waals surface area contributed by atoms with Crippen LogP contribution in [0.4, 0.5) is 11.4 Å². The van der Waals surface area contributed by atoms with Crippen LogP contribution in [0.15, 0.2) is 46.9 Å². The van der Waals surface area contributed by atoms with Crippen LogP contribution in [-0.4, -0.2) is 5.91 Å². The van der Waals surface area contributed by atoms with Gasteiger partial charge in [-0.05, 0) is 46.1 Å². The summed E-state index contributed by atoms with van der Waals surface area (Å²) >= 11 is 3.32. The number of halogens is 1. The molecule has 2 rings (SSSR count). The molecule has 0 aliphatic carbocycles. The molecule has 4 heteroatoms. The van der Waals surface area contributed by atoms with Gasteiger partial charge in [-0.15, -0.1) is 0 Å². The van der Waals surface area contributed by atoms with Crippen LogP contribution in [0, 0.1) is 0 Å². The van der Waals surface area contributed by atoms with E-state index in [-0.39, 0.29) is 5.91 Å². The molecule has 0 unspecified atom stereocenters. The first-order valence-electron chi connectivity index (χ1n) is 6.06. The Balaban J connectivity index is 2.28. The van der Waals surface area contributed by atoms with Gasteiger partial charge in [0.15, 0.2) is 0 Å². The largest absolute Gasteiger partial charge is 0.397 e. The Morgan fingerprint density at radius 3 is 2.68 bits per heavy atom. The zero-order valence-corrected chi connectivity index (χ0v) is 12.2. The van der Waals surface area contributed by atoms with E-state index in [1.165, 1.54) is 0 Å². The summed E-state index contributed by atoms with van der Waals surface area (Å²) in [5.41, 5.74) is 8.75. The number of nitrogens with one attached hydrogen (secondary N) is 1. The summed E-state index contributed by atoms with van der Waals surface area (Å²) in [5, 5.41) is 2.91. The highest BCUT2D eigenvalue weighted by Crippen LogP contribution is 2.24. The van der Waals surface area contributed by atoms with Gasteiger partial charge in [0, 0.05) is 10.2 Å². The first-order chi connectivity index (χ1) is 9.13. The summed E-state index contributed by atoms with van der Waals surface area (Å²) in [4.78, 5) is 12.2. The molecule has 0 radical (unpaired) electrons. The summed E-state index contributed by atoms with van der Waals surface area (Å²) in [7, 11) is 0. The highest BCUT2D eigenvalue weighted by molar-refractivity contribution is 9.10. The number of amides is 1. The Morgan fingerprint density at radius 2 is 1.95 bits per heavy atom. The quantitative estimate of drug-likeness (QED) is 0.845. The van der Waals surface area contributed by atoms with Crippen LogP contribution in [0.3, 0.4) is 0 Å². The van der Waals surface area contributed by atoms with Gasteiger partial charge in [0.05, 0.1) is 11.3 Å². The number of nitrogens with two attached hydrogens (primary N) is 1. The Hall–Kier alpha value is -1.81. The third kappa shape index (κ3) is 2.96. The molecule has 0 aromatic heterocycles. The monoisotopic (exact) mass is 318 g/mol. The van der Waals surface area contributed by atoms with Crippen LogP contribution in [-0.2, 0) is 6.42 Å². The highest BCUT2D eigenvalue weighted by atomic mass is 79.9. The molecule has 98 valence electrons. The second-order valence-electron chi connectivity index (χ2n) is 4.17. The first-order valence-corrected chi connectivity index (χ1v) is 6.86. The summed E-state index contributed by atoms with van der Waals surface area (Å²) in [5.74, 6) is -0.195. The fourth-order valence-electron chi connectivity index (χ4n) is 1.88. The molecule has 2 aromatic carbocycles. The molecule has 0 saturated carbocycles. The fourth-order valence-corrected chi connectivity index (χ4v) is 2.24. The van der Waals surface area contributed by atoms with Crippen LogP contribution in [0.2, 0.25) is 0 Å². The Morgan fingerprint density at radius 1 is 1.21 bits per heavy atom. The number of para-hydroxylation sites is 2. The summed E-state index contributed by atoms with van der Waals surface area (Å²) in [6.07, 6.45) is 0.865. The second kappa shape index (κ2) is 5.89. The first kappa shape index (κ1) is 13.6. The van der Waals surface area contributed by atoms with Crippen molar-refractivity contribution in [2.45, 2.75) is 13.3 Å². The lowest BCUT2D eigenvalue weighted by Crippen LogP contribution is -2.15. The maximum Gasteiger partial charge on any atom is 0.257 e. The van der Waals surface area contributed by atoms with Crippen molar-refractivity contribution in [3.63, 3.8) is 0 Å². The van der Waals surface area contributed by atoms with Crippen molar-refractivity contribution in [1.29, 1.82) is 0 Å². The van der Waals surface area contributed by atoms with E-state index in [2.05, 4.69) is 28.2 Å². The minimum absolute atomic E-state index is 0.195. The maximum atomic E-state index is 12.2. The lowest BCUT2D eigenvalue weighted by atomic mass is 10.1. The summed E-state index contributed by atoms with van der Waals surface area (Å²) in [6, 6.07) is 13.1. The van der Waals surface area contributed by atoms with E-state index in [0.29, 0.717) is 11.3 Å². The number of anilines is 2. The predicted molar refractivity (Wildman–Crippen MR) is 82.3 cm³/mol. The van der Waals surface area contributed by atoms with Gasteiger partial charge in [0.2, 0.25) is 0 Å². The van der Waals surface area contributed by atoms with Crippen LogP contribution >= 0.6 is 15.9 Å². The summed E-state index contributed by atoms with van der Waals surface area (Å²) in [6.45, 7) is 2.05. The van der Waals surface area contributed by atoms with Crippen molar-refractivity contribution in [3.05, 3.63) is 58.1 Å². The minimum Gasteiger partial charge on any atom is -0.397 e. The van der Waals surface area contributed by atoms with E-state index in [1.54, 1.807) is 12.1 Å². The average Bonchev–Trinajstić information content (AvgIpc) is 2.42. The molecule has 3 N–H and O–H groups in total. The van der Waals surface area contributed by atoms with Crippen molar-refractivity contribution < 1.29 is 4.79 Å². The molecule has 0 heterocycles. The molecule has 0 fully saturated rings. The second-order valence-corrected chi connectivity index (χ2v) is 5.02. The molecule has 0 saturated heterocycles. The third-order valence-corrected chi connectivity index (χ3v) is 3.64. The molecule has 0 spiro atoms. The number of carbonyl (C=O) groups excluding carboxylic acids is 1. The molecule has 0 aliphatic heterocycles. The van der Waals surface area contributed by atoms with Gasteiger partial charge in [0.1, 0.15) is 0 Å². The molecule has 1 amide bonds. The SMILES string of the molecule is CCc1ccccc1NC(=O)c1cccc(Br)c1N. The predicted octanol–water partition coefficient (Wildman–Crippen LogP) is 3.85. The van der Waals surface area contributed by atoms with E-state index in [9.17, 15) is 4.79 Å². The molecule has 2 aromatic rings. The van der Waals surface area contributed by atoms with Crippen LogP contribution in [0.25, 0.3) is 0 Å². The average molecular weight is 319 g/mol. The third-order valence-electron chi connectivity index (χ3n) is 2.94. The fraction of sp³-hybridized carbons (Fsp3) is 0.133.